The Morgan fingerprint density at radius 1 is 1.26 bits per heavy atom. The Balaban J connectivity index is 1.80. The lowest BCUT2D eigenvalue weighted by molar-refractivity contribution is -0.120. The zero-order valence-corrected chi connectivity index (χ0v) is 14.9. The molecule has 1 N–H and O–H groups in total. The van der Waals surface area contributed by atoms with Gasteiger partial charge in [0.15, 0.2) is 0 Å². The van der Waals surface area contributed by atoms with E-state index in [1.807, 2.05) is 0 Å². The lowest BCUT2D eigenvalue weighted by Crippen LogP contribution is -2.41. The summed E-state index contributed by atoms with van der Waals surface area (Å²) in [7, 11) is 0. The van der Waals surface area contributed by atoms with Crippen molar-refractivity contribution in [3.8, 4) is 0 Å². The van der Waals surface area contributed by atoms with Gasteiger partial charge >= 0.3 is 0 Å². The molecule has 1 saturated heterocycles. The first-order valence-corrected chi connectivity index (χ1v) is 8.53. The van der Waals surface area contributed by atoms with Crippen molar-refractivity contribution in [2.24, 2.45) is 0 Å². The topological polar surface area (TPSA) is 41.6 Å². The van der Waals surface area contributed by atoms with E-state index in [1.165, 1.54) is 11.1 Å². The van der Waals surface area contributed by atoms with E-state index < -0.39 is 0 Å². The molecule has 1 aliphatic rings. The molecule has 0 aliphatic carbocycles. The van der Waals surface area contributed by atoms with Gasteiger partial charge in [-0.1, -0.05) is 39.0 Å². The van der Waals surface area contributed by atoms with Gasteiger partial charge in [0.2, 0.25) is 5.91 Å². The second-order valence-corrected chi connectivity index (χ2v) is 7.37. The van der Waals surface area contributed by atoms with E-state index in [-0.39, 0.29) is 11.3 Å². The Kier molecular flexibility index (Phi) is 6.19. The summed E-state index contributed by atoms with van der Waals surface area (Å²) >= 11 is 0. The van der Waals surface area contributed by atoms with E-state index in [0.717, 1.165) is 38.4 Å². The van der Waals surface area contributed by atoms with Crippen LogP contribution in [0.15, 0.2) is 18.2 Å². The molecule has 1 heterocycles. The van der Waals surface area contributed by atoms with Crippen LogP contribution in [0.1, 0.15) is 37.5 Å². The van der Waals surface area contributed by atoms with Crippen molar-refractivity contribution in [3.05, 3.63) is 34.9 Å². The predicted molar refractivity (Wildman–Crippen MR) is 93.9 cm³/mol. The lowest BCUT2D eigenvalue weighted by Gasteiger charge is -2.26. The highest BCUT2D eigenvalue weighted by Gasteiger charge is 2.15. The van der Waals surface area contributed by atoms with Crippen LogP contribution in [-0.4, -0.2) is 50.2 Å². The third-order valence-electron chi connectivity index (χ3n) is 4.41. The van der Waals surface area contributed by atoms with Crippen molar-refractivity contribution in [2.75, 3.05) is 39.4 Å². The molecule has 128 valence electrons. The number of hydrogen-bond donors (Lipinski definition) is 1. The number of benzene rings is 1. The van der Waals surface area contributed by atoms with Crippen LogP contribution < -0.4 is 5.32 Å². The maximum absolute atomic E-state index is 12.1. The van der Waals surface area contributed by atoms with Gasteiger partial charge in [0.1, 0.15) is 0 Å². The van der Waals surface area contributed by atoms with Gasteiger partial charge in [-0.2, -0.15) is 0 Å². The monoisotopic (exact) mass is 318 g/mol. The summed E-state index contributed by atoms with van der Waals surface area (Å²) < 4.78 is 5.32. The SMILES string of the molecule is Cc1cc(C(C)(C)C)ccc1CC(=O)NCCN1CCOCC1. The number of rotatable bonds is 5. The summed E-state index contributed by atoms with van der Waals surface area (Å²) in [4.78, 5) is 14.5. The maximum Gasteiger partial charge on any atom is 0.224 e. The van der Waals surface area contributed by atoms with Crippen molar-refractivity contribution >= 4 is 5.91 Å². The third kappa shape index (κ3) is 5.63. The van der Waals surface area contributed by atoms with Gasteiger partial charge < -0.3 is 10.1 Å². The van der Waals surface area contributed by atoms with Gasteiger partial charge in [0.25, 0.3) is 0 Å². The summed E-state index contributed by atoms with van der Waals surface area (Å²) in [5, 5.41) is 3.03. The van der Waals surface area contributed by atoms with Crippen LogP contribution in [-0.2, 0) is 21.4 Å². The highest BCUT2D eigenvalue weighted by atomic mass is 16.5. The molecule has 0 radical (unpaired) electrons. The quantitative estimate of drug-likeness (QED) is 0.905. The van der Waals surface area contributed by atoms with E-state index >= 15 is 0 Å². The van der Waals surface area contributed by atoms with E-state index in [4.69, 9.17) is 4.74 Å². The molecular formula is C19H30N2O2. The van der Waals surface area contributed by atoms with Crippen LogP contribution in [0.2, 0.25) is 0 Å². The highest BCUT2D eigenvalue weighted by molar-refractivity contribution is 5.78. The summed E-state index contributed by atoms with van der Waals surface area (Å²) in [5.41, 5.74) is 3.76. The third-order valence-corrected chi connectivity index (χ3v) is 4.41. The predicted octanol–water partition coefficient (Wildman–Crippen LogP) is 2.28. The standard InChI is InChI=1S/C19H30N2O2/c1-15-13-17(19(2,3)4)6-5-16(15)14-18(22)20-7-8-21-9-11-23-12-10-21/h5-6,13H,7-12,14H2,1-4H3,(H,20,22). The Bertz CT molecular complexity index is 529. The van der Waals surface area contributed by atoms with Gasteiger partial charge in [-0.05, 0) is 29.0 Å². The van der Waals surface area contributed by atoms with Gasteiger partial charge in [-0.15, -0.1) is 0 Å². The van der Waals surface area contributed by atoms with Crippen molar-refractivity contribution in [1.82, 2.24) is 10.2 Å². The summed E-state index contributed by atoms with van der Waals surface area (Å²) in [6, 6.07) is 6.44. The van der Waals surface area contributed by atoms with Crippen LogP contribution >= 0.6 is 0 Å². The molecule has 0 spiro atoms. The van der Waals surface area contributed by atoms with Gasteiger partial charge in [-0.3, -0.25) is 9.69 Å². The molecule has 2 rings (SSSR count). The first-order valence-electron chi connectivity index (χ1n) is 8.53. The average molecular weight is 318 g/mol. The maximum atomic E-state index is 12.1. The fourth-order valence-electron chi connectivity index (χ4n) is 2.77. The summed E-state index contributed by atoms with van der Waals surface area (Å²) in [6.45, 7) is 13.8. The first-order chi connectivity index (χ1) is 10.9. The zero-order valence-electron chi connectivity index (χ0n) is 14.9. The molecule has 1 amide bonds. The average Bonchev–Trinajstić information content (AvgIpc) is 2.49. The fourth-order valence-corrected chi connectivity index (χ4v) is 2.77. The second kappa shape index (κ2) is 7.93. The first kappa shape index (κ1) is 18.0. The molecule has 1 fully saturated rings. The molecule has 0 bridgehead atoms. The summed E-state index contributed by atoms with van der Waals surface area (Å²) in [5.74, 6) is 0.102. The number of hydrogen-bond acceptors (Lipinski definition) is 3. The largest absolute Gasteiger partial charge is 0.379 e. The van der Waals surface area contributed by atoms with Crippen LogP contribution in [0.3, 0.4) is 0 Å². The molecule has 1 aliphatic heterocycles. The van der Waals surface area contributed by atoms with Crippen molar-refractivity contribution in [3.63, 3.8) is 0 Å². The Morgan fingerprint density at radius 2 is 1.96 bits per heavy atom. The summed E-state index contributed by atoms with van der Waals surface area (Å²) in [6.07, 6.45) is 0.458. The Morgan fingerprint density at radius 3 is 2.57 bits per heavy atom. The minimum absolute atomic E-state index is 0.102. The zero-order chi connectivity index (χ0) is 16.9. The number of morpholine rings is 1. The lowest BCUT2D eigenvalue weighted by atomic mass is 9.85. The van der Waals surface area contributed by atoms with Crippen molar-refractivity contribution < 1.29 is 9.53 Å². The van der Waals surface area contributed by atoms with Crippen molar-refractivity contribution in [2.45, 2.75) is 39.5 Å². The number of carbonyl (C=O) groups excluding carboxylic acids is 1. The molecule has 1 aromatic carbocycles. The number of carbonyl (C=O) groups is 1. The minimum atomic E-state index is 0.102. The Hall–Kier alpha value is -1.39. The number of nitrogens with zero attached hydrogens (tertiary/aromatic N) is 1. The molecule has 23 heavy (non-hydrogen) atoms. The normalized spacial score (nSPS) is 16.3. The number of amides is 1. The smallest absolute Gasteiger partial charge is 0.224 e. The van der Waals surface area contributed by atoms with E-state index in [2.05, 4.69) is 56.1 Å². The molecule has 0 atom stereocenters. The van der Waals surface area contributed by atoms with Gasteiger partial charge in [0, 0.05) is 26.2 Å². The van der Waals surface area contributed by atoms with Gasteiger partial charge in [-0.25, -0.2) is 0 Å². The van der Waals surface area contributed by atoms with Crippen LogP contribution in [0.4, 0.5) is 0 Å². The number of aryl methyl sites for hydroxylation is 1. The molecule has 4 heteroatoms. The van der Waals surface area contributed by atoms with Crippen LogP contribution in [0.25, 0.3) is 0 Å². The van der Waals surface area contributed by atoms with E-state index in [9.17, 15) is 4.79 Å². The molecule has 1 aromatic rings. The number of ether oxygens (including phenoxy) is 1. The second-order valence-electron chi connectivity index (χ2n) is 7.37. The van der Waals surface area contributed by atoms with Crippen LogP contribution in [0.5, 0.6) is 0 Å². The Labute approximate surface area is 140 Å². The van der Waals surface area contributed by atoms with Crippen LogP contribution in [0, 0.1) is 6.92 Å². The van der Waals surface area contributed by atoms with Crippen molar-refractivity contribution in [1.29, 1.82) is 0 Å². The highest BCUT2D eigenvalue weighted by Crippen LogP contribution is 2.24. The molecule has 0 saturated carbocycles. The fraction of sp³-hybridized carbons (Fsp3) is 0.632. The van der Waals surface area contributed by atoms with Gasteiger partial charge in [0.05, 0.1) is 19.6 Å². The minimum Gasteiger partial charge on any atom is -0.379 e. The molecule has 4 nitrogen and oxygen atoms in total. The molecular weight excluding hydrogens is 288 g/mol. The van der Waals surface area contributed by atoms with E-state index in [0.29, 0.717) is 13.0 Å². The number of nitrogens with one attached hydrogen (secondary N) is 1. The molecule has 0 unspecified atom stereocenters. The molecule has 0 aromatic heterocycles. The van der Waals surface area contributed by atoms with E-state index in [1.54, 1.807) is 0 Å².